The van der Waals surface area contributed by atoms with E-state index in [1.807, 2.05) is 25.1 Å². The zero-order chi connectivity index (χ0) is 11.6. The number of halogens is 1. The maximum Gasteiger partial charge on any atom is 0.235 e. The van der Waals surface area contributed by atoms with Crippen molar-refractivity contribution >= 4 is 17.7 Å². The SMILES string of the molecule is Cc1ccc(Cl)c(C2(N=C=O)CCCC2)c1. The number of aryl methyl sites for hydroxylation is 1. The third-order valence-electron chi connectivity index (χ3n) is 3.31. The van der Waals surface area contributed by atoms with Gasteiger partial charge in [0, 0.05) is 5.02 Å². The lowest BCUT2D eigenvalue weighted by molar-refractivity contribution is 0.456. The van der Waals surface area contributed by atoms with Crippen molar-refractivity contribution in [3.05, 3.63) is 34.3 Å². The van der Waals surface area contributed by atoms with Gasteiger partial charge in [-0.25, -0.2) is 4.79 Å². The number of nitrogens with zero attached hydrogens (tertiary/aromatic N) is 1. The summed E-state index contributed by atoms with van der Waals surface area (Å²) in [7, 11) is 0. The lowest BCUT2D eigenvalue weighted by Gasteiger charge is -2.24. The summed E-state index contributed by atoms with van der Waals surface area (Å²) in [6.45, 7) is 2.02. The van der Waals surface area contributed by atoms with Crippen molar-refractivity contribution in [2.45, 2.75) is 38.1 Å². The van der Waals surface area contributed by atoms with Gasteiger partial charge in [-0.1, -0.05) is 42.1 Å². The predicted molar refractivity (Wildman–Crippen MR) is 64.5 cm³/mol. The third-order valence-corrected chi connectivity index (χ3v) is 3.64. The molecule has 1 aromatic carbocycles. The van der Waals surface area contributed by atoms with E-state index in [1.165, 1.54) is 0 Å². The molecular weight excluding hydrogens is 222 g/mol. The molecule has 2 nitrogen and oxygen atoms in total. The quantitative estimate of drug-likeness (QED) is 0.567. The zero-order valence-corrected chi connectivity index (χ0v) is 10.0. The highest BCUT2D eigenvalue weighted by Crippen LogP contribution is 2.44. The van der Waals surface area contributed by atoms with Crippen molar-refractivity contribution in [3.63, 3.8) is 0 Å². The lowest BCUT2D eigenvalue weighted by atomic mass is 9.88. The van der Waals surface area contributed by atoms with Crippen LogP contribution in [0.1, 0.15) is 36.8 Å². The molecule has 0 bridgehead atoms. The summed E-state index contributed by atoms with van der Waals surface area (Å²) in [4.78, 5) is 14.6. The third kappa shape index (κ3) is 1.91. The Balaban J connectivity index is 2.54. The van der Waals surface area contributed by atoms with Crippen molar-refractivity contribution < 1.29 is 4.79 Å². The van der Waals surface area contributed by atoms with E-state index in [-0.39, 0.29) is 0 Å². The number of rotatable bonds is 2. The Labute approximate surface area is 100 Å². The maximum absolute atomic E-state index is 10.6. The van der Waals surface area contributed by atoms with Crippen molar-refractivity contribution in [1.82, 2.24) is 0 Å². The van der Waals surface area contributed by atoms with Crippen LogP contribution in [0.2, 0.25) is 5.02 Å². The van der Waals surface area contributed by atoms with Crippen LogP contribution in [0.5, 0.6) is 0 Å². The van der Waals surface area contributed by atoms with E-state index in [0.29, 0.717) is 5.02 Å². The standard InChI is InChI=1S/C13H14ClNO/c1-10-4-5-12(14)11(8-10)13(15-9-16)6-2-3-7-13/h4-5,8H,2-3,6-7H2,1H3. The van der Waals surface area contributed by atoms with Crippen molar-refractivity contribution in [1.29, 1.82) is 0 Å². The van der Waals surface area contributed by atoms with Gasteiger partial charge >= 0.3 is 0 Å². The molecule has 0 unspecified atom stereocenters. The zero-order valence-electron chi connectivity index (χ0n) is 9.29. The van der Waals surface area contributed by atoms with Gasteiger partial charge in [-0.05, 0) is 31.4 Å². The van der Waals surface area contributed by atoms with Crippen LogP contribution in [-0.2, 0) is 10.3 Å². The van der Waals surface area contributed by atoms with E-state index in [4.69, 9.17) is 11.6 Å². The molecule has 0 N–H and O–H groups in total. The Morgan fingerprint density at radius 3 is 2.69 bits per heavy atom. The molecule has 0 spiro atoms. The van der Waals surface area contributed by atoms with Crippen LogP contribution in [0, 0.1) is 6.92 Å². The molecule has 16 heavy (non-hydrogen) atoms. The Kier molecular flexibility index (Phi) is 3.13. The van der Waals surface area contributed by atoms with Crippen LogP contribution in [0.25, 0.3) is 0 Å². The molecule has 1 aliphatic rings. The fourth-order valence-electron chi connectivity index (χ4n) is 2.48. The highest BCUT2D eigenvalue weighted by molar-refractivity contribution is 6.31. The van der Waals surface area contributed by atoms with E-state index in [2.05, 4.69) is 4.99 Å². The van der Waals surface area contributed by atoms with Gasteiger partial charge in [-0.3, -0.25) is 0 Å². The van der Waals surface area contributed by atoms with E-state index < -0.39 is 5.54 Å². The second-order valence-corrected chi connectivity index (χ2v) is 4.83. The van der Waals surface area contributed by atoms with Gasteiger partial charge in [-0.2, -0.15) is 4.99 Å². The molecule has 1 saturated carbocycles. The van der Waals surface area contributed by atoms with Crippen LogP contribution in [0.15, 0.2) is 23.2 Å². The highest BCUT2D eigenvalue weighted by Gasteiger charge is 2.37. The fourth-order valence-corrected chi connectivity index (χ4v) is 2.78. The van der Waals surface area contributed by atoms with Crippen LogP contribution in [0.4, 0.5) is 0 Å². The van der Waals surface area contributed by atoms with Crippen LogP contribution in [0.3, 0.4) is 0 Å². The molecule has 3 heteroatoms. The number of hydrogen-bond acceptors (Lipinski definition) is 2. The molecule has 0 radical (unpaired) electrons. The van der Waals surface area contributed by atoms with Crippen LogP contribution in [-0.4, -0.2) is 6.08 Å². The van der Waals surface area contributed by atoms with Gasteiger partial charge in [-0.15, -0.1) is 0 Å². The molecule has 1 fully saturated rings. The van der Waals surface area contributed by atoms with Gasteiger partial charge in [0.25, 0.3) is 0 Å². The fraction of sp³-hybridized carbons (Fsp3) is 0.462. The first-order valence-corrected chi connectivity index (χ1v) is 5.91. The summed E-state index contributed by atoms with van der Waals surface area (Å²) in [5.74, 6) is 0. The van der Waals surface area contributed by atoms with Gasteiger partial charge in [0.2, 0.25) is 6.08 Å². The number of hydrogen-bond donors (Lipinski definition) is 0. The van der Waals surface area contributed by atoms with E-state index in [9.17, 15) is 4.79 Å². The minimum absolute atomic E-state index is 0.412. The minimum Gasteiger partial charge on any atom is -0.211 e. The second-order valence-electron chi connectivity index (χ2n) is 4.43. The summed E-state index contributed by atoms with van der Waals surface area (Å²) in [5, 5.41) is 0.700. The smallest absolute Gasteiger partial charge is 0.211 e. The molecule has 1 aliphatic carbocycles. The number of carbonyl (C=O) groups excluding carboxylic acids is 1. The monoisotopic (exact) mass is 235 g/mol. The first-order valence-electron chi connectivity index (χ1n) is 5.54. The van der Waals surface area contributed by atoms with Crippen molar-refractivity contribution in [2.75, 3.05) is 0 Å². The molecule has 84 valence electrons. The molecule has 0 atom stereocenters. The molecule has 0 heterocycles. The van der Waals surface area contributed by atoms with E-state index in [0.717, 1.165) is 36.8 Å². The highest BCUT2D eigenvalue weighted by atomic mass is 35.5. The lowest BCUT2D eigenvalue weighted by Crippen LogP contribution is -2.19. The summed E-state index contributed by atoms with van der Waals surface area (Å²) in [5.41, 5.74) is 1.71. The van der Waals surface area contributed by atoms with Gasteiger partial charge in [0.15, 0.2) is 0 Å². The Hall–Kier alpha value is -1.11. The van der Waals surface area contributed by atoms with E-state index in [1.54, 1.807) is 6.08 Å². The normalized spacial score (nSPS) is 18.1. The number of benzene rings is 1. The average molecular weight is 236 g/mol. The molecule has 0 aliphatic heterocycles. The first kappa shape index (κ1) is 11.4. The van der Waals surface area contributed by atoms with E-state index >= 15 is 0 Å². The minimum atomic E-state index is -0.412. The summed E-state index contributed by atoms with van der Waals surface area (Å²) in [6, 6.07) is 5.89. The molecule has 1 aromatic rings. The molecule has 0 amide bonds. The number of aliphatic imine (C=N–C) groups is 1. The van der Waals surface area contributed by atoms with Crippen LogP contribution >= 0.6 is 11.6 Å². The predicted octanol–water partition coefficient (Wildman–Crippen LogP) is 3.75. The first-order chi connectivity index (χ1) is 7.68. The maximum atomic E-state index is 10.6. The molecule has 0 saturated heterocycles. The van der Waals surface area contributed by atoms with Gasteiger partial charge < -0.3 is 0 Å². The Morgan fingerprint density at radius 1 is 1.38 bits per heavy atom. The second kappa shape index (κ2) is 4.40. The van der Waals surface area contributed by atoms with Crippen LogP contribution < -0.4 is 0 Å². The summed E-state index contributed by atoms with van der Waals surface area (Å²) < 4.78 is 0. The number of isocyanates is 1. The molecule has 0 aromatic heterocycles. The topological polar surface area (TPSA) is 29.4 Å². The van der Waals surface area contributed by atoms with Crippen molar-refractivity contribution in [2.24, 2.45) is 4.99 Å². The summed E-state index contributed by atoms with van der Waals surface area (Å²) >= 11 is 6.21. The molecular formula is C13H14ClNO. The average Bonchev–Trinajstić information content (AvgIpc) is 2.72. The van der Waals surface area contributed by atoms with Gasteiger partial charge in [0.05, 0.1) is 5.54 Å². The molecule has 2 rings (SSSR count). The Morgan fingerprint density at radius 2 is 2.06 bits per heavy atom. The Bertz CT molecular complexity index is 443. The summed E-state index contributed by atoms with van der Waals surface area (Å²) in [6.07, 6.45) is 5.69. The van der Waals surface area contributed by atoms with Gasteiger partial charge in [0.1, 0.15) is 0 Å². The largest absolute Gasteiger partial charge is 0.235 e. The van der Waals surface area contributed by atoms with Crippen molar-refractivity contribution in [3.8, 4) is 0 Å².